The molecule has 4 rings (SSSR count). The van der Waals surface area contributed by atoms with Gasteiger partial charge in [0.25, 0.3) is 0 Å². The van der Waals surface area contributed by atoms with Crippen LogP contribution >= 0.6 is 0 Å². The normalized spacial score (nSPS) is 40.3. The highest BCUT2D eigenvalue weighted by molar-refractivity contribution is 5.55. The zero-order valence-electron chi connectivity index (χ0n) is 17.2. The number of rotatable bonds is 2. The first-order valence-corrected chi connectivity index (χ1v) is 10.1. The standard InChI is InChI=1S/C23H34O3/c1-21(2)17-7-9-23(4)18(22(17,3)10-8-19(21)24)12-14-11-15(25-5)13-16(26-6)20(14)23/h11,13,17-19,24H,7-10,12H2,1-6H3. The van der Waals surface area contributed by atoms with Gasteiger partial charge in [-0.2, -0.15) is 0 Å². The third-order valence-electron chi connectivity index (χ3n) is 8.64. The van der Waals surface area contributed by atoms with Gasteiger partial charge in [0.05, 0.1) is 20.3 Å². The van der Waals surface area contributed by atoms with Crippen molar-refractivity contribution in [2.24, 2.45) is 22.7 Å². The molecule has 1 aromatic rings. The van der Waals surface area contributed by atoms with Crippen molar-refractivity contribution < 1.29 is 14.6 Å². The van der Waals surface area contributed by atoms with Gasteiger partial charge in [-0.05, 0) is 66.4 Å². The van der Waals surface area contributed by atoms with Crippen molar-refractivity contribution in [1.82, 2.24) is 0 Å². The molecule has 1 aromatic carbocycles. The highest BCUT2D eigenvalue weighted by atomic mass is 16.5. The second kappa shape index (κ2) is 5.64. The van der Waals surface area contributed by atoms with Gasteiger partial charge in [0, 0.05) is 17.0 Å². The summed E-state index contributed by atoms with van der Waals surface area (Å²) in [6, 6.07) is 4.28. The lowest BCUT2D eigenvalue weighted by atomic mass is 9.43. The lowest BCUT2D eigenvalue weighted by Crippen LogP contribution is -2.58. The van der Waals surface area contributed by atoms with E-state index in [-0.39, 0.29) is 22.3 Å². The molecule has 3 aliphatic carbocycles. The first kappa shape index (κ1) is 18.2. The maximum absolute atomic E-state index is 10.7. The van der Waals surface area contributed by atoms with Crippen LogP contribution < -0.4 is 9.47 Å². The predicted molar refractivity (Wildman–Crippen MR) is 104 cm³/mol. The van der Waals surface area contributed by atoms with E-state index in [1.54, 1.807) is 14.2 Å². The van der Waals surface area contributed by atoms with Crippen LogP contribution in [0.25, 0.3) is 0 Å². The number of fused-ring (bicyclic) bond motifs is 5. The lowest BCUT2D eigenvalue weighted by Gasteiger charge is -2.62. The number of benzene rings is 1. The molecule has 3 nitrogen and oxygen atoms in total. The van der Waals surface area contributed by atoms with E-state index in [4.69, 9.17) is 9.47 Å². The van der Waals surface area contributed by atoms with Gasteiger partial charge in [-0.1, -0.05) is 27.7 Å². The summed E-state index contributed by atoms with van der Waals surface area (Å²) in [7, 11) is 3.51. The molecular weight excluding hydrogens is 324 g/mol. The molecule has 2 fully saturated rings. The molecule has 144 valence electrons. The fourth-order valence-corrected chi connectivity index (χ4v) is 7.25. The molecule has 0 amide bonds. The van der Waals surface area contributed by atoms with Crippen LogP contribution in [0.5, 0.6) is 11.5 Å². The minimum absolute atomic E-state index is 0.00905. The van der Waals surface area contributed by atoms with E-state index in [9.17, 15) is 5.11 Å². The topological polar surface area (TPSA) is 38.7 Å². The van der Waals surface area contributed by atoms with Crippen molar-refractivity contribution in [3.63, 3.8) is 0 Å². The molecule has 0 bridgehead atoms. The number of methoxy groups -OCH3 is 2. The highest BCUT2D eigenvalue weighted by Crippen LogP contribution is 2.68. The first-order chi connectivity index (χ1) is 12.2. The van der Waals surface area contributed by atoms with Crippen molar-refractivity contribution in [3.8, 4) is 11.5 Å². The third kappa shape index (κ3) is 2.16. The van der Waals surface area contributed by atoms with E-state index >= 15 is 0 Å². The maximum atomic E-state index is 10.7. The second-order valence-electron chi connectivity index (χ2n) is 10.0. The van der Waals surface area contributed by atoms with Gasteiger partial charge in [-0.3, -0.25) is 0 Å². The van der Waals surface area contributed by atoms with Crippen molar-refractivity contribution in [2.45, 2.75) is 71.3 Å². The van der Waals surface area contributed by atoms with Crippen molar-refractivity contribution in [2.75, 3.05) is 14.2 Å². The summed E-state index contributed by atoms with van der Waals surface area (Å²) in [6.45, 7) is 9.53. The van der Waals surface area contributed by atoms with Crippen molar-refractivity contribution in [1.29, 1.82) is 0 Å². The van der Waals surface area contributed by atoms with Gasteiger partial charge < -0.3 is 14.6 Å². The SMILES string of the molecule is COc1cc2c(c(OC)c1)C1(C)CCC3C(C)(C)C(O)CCC3(C)C1C2. The summed E-state index contributed by atoms with van der Waals surface area (Å²) < 4.78 is 11.4. The predicted octanol–water partition coefficient (Wildman–Crippen LogP) is 4.73. The molecule has 1 N–H and O–H groups in total. The van der Waals surface area contributed by atoms with Crippen LogP contribution in [0.2, 0.25) is 0 Å². The zero-order valence-corrected chi connectivity index (χ0v) is 17.2. The Kier molecular flexibility index (Phi) is 3.94. The Hall–Kier alpha value is -1.22. The Morgan fingerprint density at radius 1 is 0.962 bits per heavy atom. The van der Waals surface area contributed by atoms with Gasteiger partial charge in [0.2, 0.25) is 0 Å². The zero-order chi connectivity index (χ0) is 18.9. The number of aliphatic hydroxyl groups is 1. The van der Waals surface area contributed by atoms with Crippen LogP contribution in [0, 0.1) is 22.7 Å². The fourth-order valence-electron chi connectivity index (χ4n) is 7.25. The number of hydrogen-bond acceptors (Lipinski definition) is 3. The van der Waals surface area contributed by atoms with Crippen molar-refractivity contribution in [3.05, 3.63) is 23.3 Å². The average molecular weight is 359 g/mol. The molecule has 0 radical (unpaired) electrons. The molecule has 26 heavy (non-hydrogen) atoms. The number of hydrogen-bond donors (Lipinski definition) is 1. The van der Waals surface area contributed by atoms with Gasteiger partial charge in [-0.15, -0.1) is 0 Å². The largest absolute Gasteiger partial charge is 0.497 e. The molecule has 3 heteroatoms. The molecule has 5 atom stereocenters. The molecule has 0 aliphatic heterocycles. The van der Waals surface area contributed by atoms with Crippen LogP contribution in [0.4, 0.5) is 0 Å². The second-order valence-corrected chi connectivity index (χ2v) is 10.0. The summed E-state index contributed by atoms with van der Waals surface area (Å²) in [5, 5.41) is 10.7. The van der Waals surface area contributed by atoms with Crippen LogP contribution in [0.15, 0.2) is 12.1 Å². The Morgan fingerprint density at radius 2 is 1.69 bits per heavy atom. The molecule has 0 aromatic heterocycles. The Balaban J connectivity index is 1.82. The van der Waals surface area contributed by atoms with Crippen molar-refractivity contribution >= 4 is 0 Å². The molecule has 2 saturated carbocycles. The van der Waals surface area contributed by atoms with E-state index in [1.807, 2.05) is 0 Å². The van der Waals surface area contributed by atoms with Crippen LogP contribution in [0.1, 0.15) is 64.5 Å². The smallest absolute Gasteiger partial charge is 0.126 e. The van der Waals surface area contributed by atoms with E-state index < -0.39 is 0 Å². The molecular formula is C23H34O3. The Bertz CT molecular complexity index is 724. The number of aliphatic hydroxyl groups excluding tert-OH is 1. The minimum Gasteiger partial charge on any atom is -0.497 e. The monoisotopic (exact) mass is 358 g/mol. The highest BCUT2D eigenvalue weighted by Gasteiger charge is 2.63. The molecule has 5 unspecified atom stereocenters. The number of ether oxygens (including phenoxy) is 2. The fraction of sp³-hybridized carbons (Fsp3) is 0.739. The van der Waals surface area contributed by atoms with E-state index in [0.717, 1.165) is 30.8 Å². The van der Waals surface area contributed by atoms with Gasteiger partial charge in [0.1, 0.15) is 11.5 Å². The first-order valence-electron chi connectivity index (χ1n) is 10.1. The van der Waals surface area contributed by atoms with Gasteiger partial charge >= 0.3 is 0 Å². The molecule has 0 spiro atoms. The van der Waals surface area contributed by atoms with E-state index in [1.165, 1.54) is 24.0 Å². The summed E-state index contributed by atoms with van der Waals surface area (Å²) in [4.78, 5) is 0. The Morgan fingerprint density at radius 3 is 2.35 bits per heavy atom. The van der Waals surface area contributed by atoms with Crippen LogP contribution in [-0.2, 0) is 11.8 Å². The van der Waals surface area contributed by atoms with Crippen LogP contribution in [0.3, 0.4) is 0 Å². The average Bonchev–Trinajstić information content (AvgIpc) is 2.92. The molecule has 0 saturated heterocycles. The molecule has 0 heterocycles. The molecule has 3 aliphatic rings. The summed E-state index contributed by atoms with van der Waals surface area (Å²) in [5.41, 5.74) is 3.21. The third-order valence-corrected chi connectivity index (χ3v) is 8.64. The van der Waals surface area contributed by atoms with Gasteiger partial charge in [-0.25, -0.2) is 0 Å². The minimum atomic E-state index is -0.177. The maximum Gasteiger partial charge on any atom is 0.126 e. The van der Waals surface area contributed by atoms with Gasteiger partial charge in [0.15, 0.2) is 0 Å². The van der Waals surface area contributed by atoms with E-state index in [2.05, 4.69) is 39.8 Å². The van der Waals surface area contributed by atoms with Crippen LogP contribution in [-0.4, -0.2) is 25.4 Å². The Labute approximate surface area is 158 Å². The summed E-state index contributed by atoms with van der Waals surface area (Å²) >= 11 is 0. The summed E-state index contributed by atoms with van der Waals surface area (Å²) in [6.07, 6.45) is 5.31. The van der Waals surface area contributed by atoms with E-state index in [0.29, 0.717) is 11.8 Å². The quantitative estimate of drug-likeness (QED) is 0.830. The summed E-state index contributed by atoms with van der Waals surface area (Å²) in [5.74, 6) is 3.04. The lowest BCUT2D eigenvalue weighted by molar-refractivity contribution is -0.151.